The molecule has 0 aliphatic rings. The van der Waals surface area contributed by atoms with E-state index in [1.165, 1.54) is 5.48 Å². The van der Waals surface area contributed by atoms with E-state index < -0.39 is 17.9 Å². The molecule has 0 radical (unpaired) electrons. The van der Waals surface area contributed by atoms with Crippen molar-refractivity contribution in [2.45, 2.75) is 6.04 Å². The number of amides is 2. The summed E-state index contributed by atoms with van der Waals surface area (Å²) < 4.78 is 0. The Morgan fingerprint density at radius 1 is 1.05 bits per heavy atom. The molecule has 0 bridgehead atoms. The van der Waals surface area contributed by atoms with Crippen LogP contribution in [0.2, 0.25) is 0 Å². The third kappa shape index (κ3) is 3.72. The summed E-state index contributed by atoms with van der Waals surface area (Å²) in [6.07, 6.45) is 0. The zero-order valence-electron chi connectivity index (χ0n) is 11.9. The van der Waals surface area contributed by atoms with Gasteiger partial charge in [-0.15, -0.1) is 0 Å². The fourth-order valence-corrected chi connectivity index (χ4v) is 2.06. The van der Waals surface area contributed by atoms with E-state index in [0.29, 0.717) is 13.1 Å². The summed E-state index contributed by atoms with van der Waals surface area (Å²) in [5, 5.41) is 16.4. The number of rotatable bonds is 6. The second-order valence-corrected chi connectivity index (χ2v) is 4.70. The first kappa shape index (κ1) is 15.7. The first-order valence-electron chi connectivity index (χ1n) is 6.82. The van der Waals surface area contributed by atoms with Gasteiger partial charge in [0.1, 0.15) is 0 Å². The molecule has 2 aromatic rings. The number of nitrogens with two attached hydrogens (primary N) is 1. The molecule has 1 unspecified atom stereocenters. The number of hydrogen-bond acceptors (Lipinski definition) is 5. The van der Waals surface area contributed by atoms with Crippen molar-refractivity contribution in [1.82, 2.24) is 10.8 Å². The summed E-state index contributed by atoms with van der Waals surface area (Å²) in [7, 11) is 0. The number of hydroxylamine groups is 1. The highest BCUT2D eigenvalue weighted by Crippen LogP contribution is 2.22. The Morgan fingerprint density at radius 3 is 2.55 bits per heavy atom. The number of hydrogen-bond donors (Lipinski definition) is 5. The van der Waals surface area contributed by atoms with Gasteiger partial charge in [-0.25, -0.2) is 5.48 Å². The first-order valence-corrected chi connectivity index (χ1v) is 6.82. The van der Waals surface area contributed by atoms with Crippen LogP contribution in [0.3, 0.4) is 0 Å². The van der Waals surface area contributed by atoms with E-state index in [4.69, 9.17) is 10.9 Å². The van der Waals surface area contributed by atoms with Gasteiger partial charge in [-0.2, -0.15) is 0 Å². The molecule has 0 saturated carbocycles. The number of benzene rings is 2. The number of carbonyl (C=O) groups excluding carboxylic acids is 2. The summed E-state index contributed by atoms with van der Waals surface area (Å²) >= 11 is 0. The molecule has 1 atom stereocenters. The Kier molecular flexibility index (Phi) is 5.29. The first-order chi connectivity index (χ1) is 10.6. The maximum atomic E-state index is 11.5. The maximum absolute atomic E-state index is 11.5. The van der Waals surface area contributed by atoms with Gasteiger partial charge in [-0.1, -0.05) is 36.4 Å². The maximum Gasteiger partial charge on any atom is 0.269 e. The molecule has 116 valence electrons. The number of anilines is 1. The standard InChI is InChI=1S/C15H18N4O3/c16-13(15(21)19-22)14(20)18-9-8-17-12-7-3-5-10-4-1-2-6-11(10)12/h1-7,13,17,22H,8-9,16H2,(H,18,20)(H,19,21). The van der Waals surface area contributed by atoms with E-state index in [9.17, 15) is 9.59 Å². The quantitative estimate of drug-likeness (QED) is 0.226. The van der Waals surface area contributed by atoms with Crippen LogP contribution in [0.25, 0.3) is 10.8 Å². The Bertz CT molecular complexity index is 669. The van der Waals surface area contributed by atoms with Crippen molar-refractivity contribution in [1.29, 1.82) is 0 Å². The Hall–Kier alpha value is -2.64. The molecule has 0 aliphatic heterocycles. The fraction of sp³-hybridized carbons (Fsp3) is 0.200. The molecule has 2 rings (SSSR count). The van der Waals surface area contributed by atoms with Crippen molar-refractivity contribution in [3.63, 3.8) is 0 Å². The molecule has 0 saturated heterocycles. The zero-order chi connectivity index (χ0) is 15.9. The van der Waals surface area contributed by atoms with Crippen LogP contribution < -0.4 is 21.8 Å². The Balaban J connectivity index is 1.86. The summed E-state index contributed by atoms with van der Waals surface area (Å²) in [4.78, 5) is 22.5. The van der Waals surface area contributed by atoms with Gasteiger partial charge in [0.15, 0.2) is 6.04 Å². The van der Waals surface area contributed by atoms with E-state index in [0.717, 1.165) is 16.5 Å². The van der Waals surface area contributed by atoms with Crippen LogP contribution in [0.1, 0.15) is 0 Å². The van der Waals surface area contributed by atoms with Crippen molar-refractivity contribution in [2.24, 2.45) is 5.73 Å². The lowest BCUT2D eigenvalue weighted by atomic mass is 10.1. The number of fused-ring (bicyclic) bond motifs is 1. The molecule has 2 amide bonds. The van der Waals surface area contributed by atoms with Gasteiger partial charge in [0, 0.05) is 24.2 Å². The highest BCUT2D eigenvalue weighted by Gasteiger charge is 2.20. The fourth-order valence-electron chi connectivity index (χ4n) is 2.06. The summed E-state index contributed by atoms with van der Waals surface area (Å²) in [6.45, 7) is 0.779. The van der Waals surface area contributed by atoms with E-state index in [1.807, 2.05) is 42.5 Å². The SMILES string of the molecule is NC(C(=O)NO)C(=O)NCCNc1cccc2ccccc12. The highest BCUT2D eigenvalue weighted by molar-refractivity contribution is 6.03. The van der Waals surface area contributed by atoms with Crippen LogP contribution in [-0.2, 0) is 9.59 Å². The van der Waals surface area contributed by atoms with Gasteiger partial charge in [0.2, 0.25) is 5.91 Å². The van der Waals surface area contributed by atoms with Gasteiger partial charge < -0.3 is 16.4 Å². The molecule has 0 spiro atoms. The summed E-state index contributed by atoms with van der Waals surface area (Å²) in [5.74, 6) is -1.59. The topological polar surface area (TPSA) is 116 Å². The second-order valence-electron chi connectivity index (χ2n) is 4.70. The van der Waals surface area contributed by atoms with E-state index >= 15 is 0 Å². The molecular weight excluding hydrogens is 284 g/mol. The van der Waals surface area contributed by atoms with Crippen LogP contribution in [0.5, 0.6) is 0 Å². The van der Waals surface area contributed by atoms with Gasteiger partial charge in [0.25, 0.3) is 5.91 Å². The number of nitrogens with one attached hydrogen (secondary N) is 3. The van der Waals surface area contributed by atoms with E-state index in [-0.39, 0.29) is 0 Å². The predicted molar refractivity (Wildman–Crippen MR) is 83.4 cm³/mol. The molecule has 22 heavy (non-hydrogen) atoms. The van der Waals surface area contributed by atoms with Crippen LogP contribution >= 0.6 is 0 Å². The average Bonchev–Trinajstić information content (AvgIpc) is 2.57. The molecule has 0 fully saturated rings. The Morgan fingerprint density at radius 2 is 1.77 bits per heavy atom. The lowest BCUT2D eigenvalue weighted by Gasteiger charge is -2.12. The highest BCUT2D eigenvalue weighted by atomic mass is 16.5. The molecular formula is C15H18N4O3. The zero-order valence-corrected chi connectivity index (χ0v) is 11.9. The normalized spacial score (nSPS) is 11.7. The summed E-state index contributed by atoms with van der Waals surface area (Å²) in [5.41, 5.74) is 7.64. The second kappa shape index (κ2) is 7.39. The monoisotopic (exact) mass is 302 g/mol. The van der Waals surface area contributed by atoms with Crippen LogP contribution in [0.4, 0.5) is 5.69 Å². The molecule has 0 aliphatic carbocycles. The number of carbonyl (C=O) groups is 2. The molecule has 6 N–H and O–H groups in total. The van der Waals surface area contributed by atoms with Crippen molar-refractivity contribution < 1.29 is 14.8 Å². The smallest absolute Gasteiger partial charge is 0.269 e. The molecule has 0 heterocycles. The van der Waals surface area contributed by atoms with E-state index in [1.54, 1.807) is 0 Å². The van der Waals surface area contributed by atoms with E-state index in [2.05, 4.69) is 10.6 Å². The molecule has 7 heteroatoms. The lowest BCUT2D eigenvalue weighted by molar-refractivity contribution is -0.136. The van der Waals surface area contributed by atoms with Crippen molar-refractivity contribution in [2.75, 3.05) is 18.4 Å². The largest absolute Gasteiger partial charge is 0.383 e. The summed E-state index contributed by atoms with van der Waals surface area (Å²) in [6, 6.07) is 12.5. The van der Waals surface area contributed by atoms with Gasteiger partial charge >= 0.3 is 0 Å². The van der Waals surface area contributed by atoms with Crippen LogP contribution in [-0.4, -0.2) is 36.2 Å². The van der Waals surface area contributed by atoms with Gasteiger partial charge in [0.05, 0.1) is 0 Å². The van der Waals surface area contributed by atoms with Crippen molar-refractivity contribution in [3.05, 3.63) is 42.5 Å². The van der Waals surface area contributed by atoms with Crippen molar-refractivity contribution in [3.8, 4) is 0 Å². The van der Waals surface area contributed by atoms with Gasteiger partial charge in [-0.05, 0) is 11.5 Å². The van der Waals surface area contributed by atoms with Crippen molar-refractivity contribution >= 4 is 28.3 Å². The Labute approximate surface area is 127 Å². The third-order valence-electron chi connectivity index (χ3n) is 3.20. The molecule has 7 nitrogen and oxygen atoms in total. The minimum atomic E-state index is -1.43. The third-order valence-corrected chi connectivity index (χ3v) is 3.20. The van der Waals surface area contributed by atoms with Gasteiger partial charge in [-0.3, -0.25) is 14.8 Å². The predicted octanol–water partition coefficient (Wildman–Crippen LogP) is 0.201. The lowest BCUT2D eigenvalue weighted by Crippen LogP contribution is -2.50. The molecule has 2 aromatic carbocycles. The average molecular weight is 302 g/mol. The molecule has 0 aromatic heterocycles. The minimum absolute atomic E-state index is 0.300. The minimum Gasteiger partial charge on any atom is -0.383 e. The van der Waals surface area contributed by atoms with Crippen LogP contribution in [0.15, 0.2) is 42.5 Å². The van der Waals surface area contributed by atoms with Crippen LogP contribution in [0, 0.1) is 0 Å².